The van der Waals surface area contributed by atoms with Gasteiger partial charge in [0.1, 0.15) is 6.04 Å². The number of unbranched alkanes of at least 4 members (excludes halogenated alkanes) is 1. The highest BCUT2D eigenvalue weighted by molar-refractivity contribution is 7.99. The van der Waals surface area contributed by atoms with Crippen LogP contribution in [0.3, 0.4) is 0 Å². The minimum atomic E-state index is -0.634. The zero-order valence-corrected chi connectivity index (χ0v) is 23.6. The van der Waals surface area contributed by atoms with E-state index in [2.05, 4.69) is 44.3 Å². The van der Waals surface area contributed by atoms with Crippen LogP contribution < -0.4 is 5.32 Å². The van der Waals surface area contributed by atoms with Crippen molar-refractivity contribution in [2.75, 3.05) is 12.3 Å². The minimum absolute atomic E-state index is 0.0686. The van der Waals surface area contributed by atoms with E-state index in [4.69, 9.17) is 11.6 Å². The van der Waals surface area contributed by atoms with E-state index in [1.54, 1.807) is 16.7 Å². The highest BCUT2D eigenvalue weighted by Gasteiger charge is 2.30. The van der Waals surface area contributed by atoms with Crippen LogP contribution in [0.5, 0.6) is 0 Å². The first-order valence-electron chi connectivity index (χ1n) is 12.9. The summed E-state index contributed by atoms with van der Waals surface area (Å²) in [5.41, 5.74) is 5.48. The molecule has 196 valence electrons. The van der Waals surface area contributed by atoms with Crippen molar-refractivity contribution in [3.05, 3.63) is 106 Å². The molecule has 1 atom stereocenters. The summed E-state index contributed by atoms with van der Waals surface area (Å²) in [4.78, 5) is 28.9. The Balaban J connectivity index is 1.84. The van der Waals surface area contributed by atoms with Crippen LogP contribution >= 0.6 is 23.4 Å². The minimum Gasteiger partial charge on any atom is -0.354 e. The van der Waals surface area contributed by atoms with Crippen molar-refractivity contribution < 1.29 is 9.59 Å². The summed E-state index contributed by atoms with van der Waals surface area (Å²) in [6.45, 7) is 7.14. The Morgan fingerprint density at radius 1 is 0.946 bits per heavy atom. The Morgan fingerprint density at radius 2 is 1.62 bits per heavy atom. The molecule has 0 spiro atoms. The first-order chi connectivity index (χ1) is 17.9. The van der Waals surface area contributed by atoms with E-state index in [1.165, 1.54) is 16.7 Å². The molecule has 0 saturated carbocycles. The van der Waals surface area contributed by atoms with Crippen molar-refractivity contribution >= 4 is 35.2 Å². The molecule has 0 aliphatic carbocycles. The molecule has 2 amide bonds. The summed E-state index contributed by atoms with van der Waals surface area (Å²) in [6.07, 6.45) is 2.33. The second-order valence-corrected chi connectivity index (χ2v) is 10.8. The topological polar surface area (TPSA) is 49.4 Å². The normalized spacial score (nSPS) is 11.7. The average molecular weight is 537 g/mol. The molecule has 37 heavy (non-hydrogen) atoms. The zero-order chi connectivity index (χ0) is 26.6. The average Bonchev–Trinajstić information content (AvgIpc) is 2.87. The molecule has 3 rings (SSSR count). The smallest absolute Gasteiger partial charge is 0.243 e. The van der Waals surface area contributed by atoms with Crippen LogP contribution in [0.25, 0.3) is 0 Å². The number of carbonyl (C=O) groups excluding carboxylic acids is 2. The number of hydrogen-bond acceptors (Lipinski definition) is 3. The summed E-state index contributed by atoms with van der Waals surface area (Å²) in [5.74, 6) is 0.823. The summed E-state index contributed by atoms with van der Waals surface area (Å²) < 4.78 is 0. The highest BCUT2D eigenvalue weighted by atomic mass is 35.5. The van der Waals surface area contributed by atoms with Crippen LogP contribution in [0.2, 0.25) is 5.02 Å². The molecule has 0 aliphatic rings. The van der Waals surface area contributed by atoms with Crippen molar-refractivity contribution in [3.63, 3.8) is 0 Å². The first kappa shape index (κ1) is 28.8. The number of thioether (sulfide) groups is 1. The Bertz CT molecular complexity index is 1150. The lowest BCUT2D eigenvalue weighted by Crippen LogP contribution is -2.51. The standard InChI is InChI=1S/C31H37ClN2O2S/c1-4-5-15-33-31(36)29(19-25-11-7-6-8-12-25)34(20-27-13-9-10-14-28(27)32)30(35)22-37-21-26-17-23(2)16-24(3)18-26/h6-14,16-18,29H,4-5,15,19-22H2,1-3H3,(H,33,36). The number of amides is 2. The largest absolute Gasteiger partial charge is 0.354 e. The molecule has 0 aliphatic heterocycles. The van der Waals surface area contributed by atoms with Crippen molar-refractivity contribution in [1.82, 2.24) is 10.2 Å². The molecule has 3 aromatic carbocycles. The van der Waals surface area contributed by atoms with Crippen molar-refractivity contribution in [2.24, 2.45) is 0 Å². The van der Waals surface area contributed by atoms with Gasteiger partial charge >= 0.3 is 0 Å². The molecule has 1 unspecified atom stereocenters. The Labute approximate surface area is 230 Å². The van der Waals surface area contributed by atoms with Crippen molar-refractivity contribution in [2.45, 2.75) is 58.4 Å². The van der Waals surface area contributed by atoms with Gasteiger partial charge in [-0.2, -0.15) is 0 Å². The molecule has 1 N–H and O–H groups in total. The van der Waals surface area contributed by atoms with E-state index in [-0.39, 0.29) is 24.1 Å². The van der Waals surface area contributed by atoms with Gasteiger partial charge in [-0.15, -0.1) is 11.8 Å². The SMILES string of the molecule is CCCCNC(=O)C(Cc1ccccc1)N(Cc1ccccc1Cl)C(=O)CSCc1cc(C)cc(C)c1. The molecule has 0 bridgehead atoms. The third-order valence-electron chi connectivity index (χ3n) is 6.17. The van der Waals surface area contributed by atoms with Crippen LogP contribution in [0.4, 0.5) is 0 Å². The second kappa shape index (κ2) is 14.8. The fraction of sp³-hybridized carbons (Fsp3) is 0.355. The Hall–Kier alpha value is -2.76. The summed E-state index contributed by atoms with van der Waals surface area (Å²) in [5, 5.41) is 3.65. The van der Waals surface area contributed by atoms with Gasteiger partial charge in [-0.3, -0.25) is 9.59 Å². The third kappa shape index (κ3) is 9.24. The van der Waals surface area contributed by atoms with Gasteiger partial charge in [0.15, 0.2) is 0 Å². The van der Waals surface area contributed by atoms with Crippen LogP contribution in [-0.4, -0.2) is 35.1 Å². The van der Waals surface area contributed by atoms with Crippen LogP contribution in [0.1, 0.15) is 47.6 Å². The first-order valence-corrected chi connectivity index (χ1v) is 14.4. The van der Waals surface area contributed by atoms with Gasteiger partial charge in [-0.05, 0) is 43.0 Å². The van der Waals surface area contributed by atoms with Crippen LogP contribution in [0, 0.1) is 13.8 Å². The molecular formula is C31H37ClN2O2S. The quantitative estimate of drug-likeness (QED) is 0.246. The molecular weight excluding hydrogens is 500 g/mol. The molecule has 0 aromatic heterocycles. The maximum atomic E-state index is 13.7. The summed E-state index contributed by atoms with van der Waals surface area (Å²) in [7, 11) is 0. The van der Waals surface area contributed by atoms with Gasteiger partial charge in [0.2, 0.25) is 11.8 Å². The highest BCUT2D eigenvalue weighted by Crippen LogP contribution is 2.22. The number of rotatable bonds is 13. The van der Waals surface area contributed by atoms with E-state index < -0.39 is 6.04 Å². The number of benzene rings is 3. The third-order valence-corrected chi connectivity index (χ3v) is 7.53. The molecule has 0 saturated heterocycles. The van der Waals surface area contributed by atoms with Gasteiger partial charge < -0.3 is 10.2 Å². The molecule has 0 radical (unpaired) electrons. The number of aryl methyl sites for hydroxylation is 2. The summed E-state index contributed by atoms with van der Waals surface area (Å²) >= 11 is 8.07. The van der Waals surface area contributed by atoms with E-state index in [0.29, 0.717) is 18.0 Å². The van der Waals surface area contributed by atoms with Crippen molar-refractivity contribution in [1.29, 1.82) is 0 Å². The fourth-order valence-electron chi connectivity index (χ4n) is 4.36. The lowest BCUT2D eigenvalue weighted by Gasteiger charge is -2.32. The zero-order valence-electron chi connectivity index (χ0n) is 22.0. The molecule has 4 nitrogen and oxygen atoms in total. The second-order valence-electron chi connectivity index (χ2n) is 9.45. The van der Waals surface area contributed by atoms with Crippen LogP contribution in [0.15, 0.2) is 72.8 Å². The van der Waals surface area contributed by atoms with E-state index >= 15 is 0 Å². The van der Waals surface area contributed by atoms with E-state index in [9.17, 15) is 9.59 Å². The van der Waals surface area contributed by atoms with Gasteiger partial charge in [0.25, 0.3) is 0 Å². The van der Waals surface area contributed by atoms with Crippen LogP contribution in [-0.2, 0) is 28.3 Å². The van der Waals surface area contributed by atoms with Gasteiger partial charge in [0.05, 0.1) is 5.75 Å². The number of carbonyl (C=O) groups is 2. The number of hydrogen-bond donors (Lipinski definition) is 1. The van der Waals surface area contributed by atoms with Gasteiger partial charge in [-0.1, -0.05) is 103 Å². The van der Waals surface area contributed by atoms with Gasteiger partial charge in [-0.25, -0.2) is 0 Å². The van der Waals surface area contributed by atoms with Crippen molar-refractivity contribution in [3.8, 4) is 0 Å². The molecule has 0 fully saturated rings. The van der Waals surface area contributed by atoms with E-state index in [0.717, 1.165) is 29.7 Å². The lowest BCUT2D eigenvalue weighted by molar-refractivity contribution is -0.139. The molecule has 6 heteroatoms. The number of nitrogens with zero attached hydrogens (tertiary/aromatic N) is 1. The maximum Gasteiger partial charge on any atom is 0.243 e. The molecule has 3 aromatic rings. The number of halogens is 1. The maximum absolute atomic E-state index is 13.7. The summed E-state index contributed by atoms with van der Waals surface area (Å²) in [6, 6.07) is 23.2. The molecule has 0 heterocycles. The van der Waals surface area contributed by atoms with E-state index in [1.807, 2.05) is 54.6 Å². The van der Waals surface area contributed by atoms with Gasteiger partial charge in [0, 0.05) is 30.3 Å². The Kier molecular flexibility index (Phi) is 11.6. The predicted molar refractivity (Wildman–Crippen MR) is 156 cm³/mol. The lowest BCUT2D eigenvalue weighted by atomic mass is 10.0. The predicted octanol–water partition coefficient (Wildman–Crippen LogP) is 6.75. The fourth-order valence-corrected chi connectivity index (χ4v) is 5.40. The Morgan fingerprint density at radius 3 is 2.30 bits per heavy atom. The monoisotopic (exact) mass is 536 g/mol. The number of nitrogens with one attached hydrogen (secondary N) is 1.